The quantitative estimate of drug-likeness (QED) is 0.390. The molecule has 4 aromatic rings. The van der Waals surface area contributed by atoms with E-state index in [1.807, 2.05) is 54.6 Å². The molecule has 10 heteroatoms. The van der Waals surface area contributed by atoms with Crippen molar-refractivity contribution >= 4 is 26.9 Å². The van der Waals surface area contributed by atoms with Gasteiger partial charge in [-0.25, -0.2) is 13.4 Å². The van der Waals surface area contributed by atoms with E-state index in [0.29, 0.717) is 24.4 Å². The van der Waals surface area contributed by atoms with Crippen molar-refractivity contribution in [2.75, 3.05) is 13.7 Å². The molecule has 5 rings (SSSR count). The second-order valence-corrected chi connectivity index (χ2v) is 10.7. The number of aliphatic carboxylic acids is 1. The standard InChI is InChI=1S/C26H26N4O5S/c1-35-25-12-11-21(16-27-25)36(33,34)29-17-20(14-19(29)13-18-7-3-2-4-8-18)30-24-10-6-5-9-22(24)23(28-30)15-26(31)32/h2-12,16,19-20H,13-15,17H2,1H3,(H,31,32)/t19-,20+/m0/s1. The lowest BCUT2D eigenvalue weighted by molar-refractivity contribution is -0.136. The number of carboxylic acid groups (broad SMARTS) is 1. The van der Waals surface area contributed by atoms with Gasteiger partial charge in [0.2, 0.25) is 15.9 Å². The first-order valence-corrected chi connectivity index (χ1v) is 13.0. The lowest BCUT2D eigenvalue weighted by Gasteiger charge is -2.24. The van der Waals surface area contributed by atoms with Gasteiger partial charge in [0.05, 0.1) is 37.0 Å². The van der Waals surface area contributed by atoms with E-state index in [0.717, 1.165) is 16.5 Å². The van der Waals surface area contributed by atoms with Gasteiger partial charge in [0, 0.05) is 24.0 Å². The first kappa shape index (κ1) is 24.0. The fraction of sp³-hybridized carbons (Fsp3) is 0.269. The zero-order valence-electron chi connectivity index (χ0n) is 19.7. The Morgan fingerprint density at radius 2 is 1.83 bits per heavy atom. The summed E-state index contributed by atoms with van der Waals surface area (Å²) in [5.74, 6) is -0.627. The summed E-state index contributed by atoms with van der Waals surface area (Å²) in [7, 11) is -2.38. The van der Waals surface area contributed by atoms with Crippen LogP contribution >= 0.6 is 0 Å². The molecule has 0 bridgehead atoms. The summed E-state index contributed by atoms with van der Waals surface area (Å²) in [6.45, 7) is 0.212. The number of hydrogen-bond donors (Lipinski definition) is 1. The Kier molecular flexibility index (Phi) is 6.46. The molecule has 186 valence electrons. The highest BCUT2D eigenvalue weighted by atomic mass is 32.2. The van der Waals surface area contributed by atoms with Gasteiger partial charge in [0.15, 0.2) is 0 Å². The highest BCUT2D eigenvalue weighted by Crippen LogP contribution is 2.36. The maximum absolute atomic E-state index is 13.8. The normalized spacial score (nSPS) is 18.5. The number of hydrogen-bond acceptors (Lipinski definition) is 6. The van der Waals surface area contributed by atoms with Crippen LogP contribution in [0, 0.1) is 0 Å². The van der Waals surface area contributed by atoms with Crippen molar-refractivity contribution < 1.29 is 23.1 Å². The van der Waals surface area contributed by atoms with E-state index in [4.69, 9.17) is 4.74 Å². The van der Waals surface area contributed by atoms with Crippen LogP contribution < -0.4 is 4.74 Å². The molecule has 2 aromatic carbocycles. The Labute approximate surface area is 209 Å². The summed E-state index contributed by atoms with van der Waals surface area (Å²) in [6.07, 6.45) is 2.19. The molecule has 2 aromatic heterocycles. The molecule has 1 N–H and O–H groups in total. The second kappa shape index (κ2) is 9.71. The van der Waals surface area contributed by atoms with E-state index in [9.17, 15) is 18.3 Å². The average Bonchev–Trinajstić information content (AvgIpc) is 3.46. The molecule has 1 aliphatic rings. The number of fused-ring (bicyclic) bond motifs is 1. The number of methoxy groups -OCH3 is 1. The van der Waals surface area contributed by atoms with Gasteiger partial charge in [-0.2, -0.15) is 9.40 Å². The molecular formula is C26H26N4O5S. The topological polar surface area (TPSA) is 115 Å². The predicted molar refractivity (Wildman–Crippen MR) is 133 cm³/mol. The lowest BCUT2D eigenvalue weighted by Crippen LogP contribution is -2.37. The number of pyridine rings is 1. The summed E-state index contributed by atoms with van der Waals surface area (Å²) in [6, 6.07) is 19.7. The van der Waals surface area contributed by atoms with Crippen LogP contribution in [0.4, 0.5) is 0 Å². The van der Waals surface area contributed by atoms with Crippen LogP contribution in [0.1, 0.15) is 23.7 Å². The van der Waals surface area contributed by atoms with E-state index in [-0.39, 0.29) is 29.9 Å². The zero-order valence-corrected chi connectivity index (χ0v) is 20.5. The summed E-state index contributed by atoms with van der Waals surface area (Å²) in [5, 5.41) is 14.8. The number of aromatic nitrogens is 3. The van der Waals surface area contributed by atoms with Crippen LogP contribution in [-0.4, -0.2) is 58.3 Å². The zero-order chi connectivity index (χ0) is 25.3. The van der Waals surface area contributed by atoms with Gasteiger partial charge < -0.3 is 9.84 Å². The molecule has 9 nitrogen and oxygen atoms in total. The Balaban J connectivity index is 1.54. The maximum Gasteiger partial charge on any atom is 0.309 e. The largest absolute Gasteiger partial charge is 0.481 e. The first-order valence-electron chi connectivity index (χ1n) is 11.6. The predicted octanol–water partition coefficient (Wildman–Crippen LogP) is 3.31. The van der Waals surface area contributed by atoms with E-state index in [1.54, 1.807) is 4.68 Å². The van der Waals surface area contributed by atoms with Gasteiger partial charge in [-0.3, -0.25) is 9.48 Å². The van der Waals surface area contributed by atoms with Crippen molar-refractivity contribution in [3.05, 3.63) is 84.2 Å². The third-order valence-electron chi connectivity index (χ3n) is 6.54. The van der Waals surface area contributed by atoms with Gasteiger partial charge in [-0.15, -0.1) is 0 Å². The summed E-state index contributed by atoms with van der Waals surface area (Å²) in [5.41, 5.74) is 2.30. The number of nitrogens with zero attached hydrogens (tertiary/aromatic N) is 4. The van der Waals surface area contributed by atoms with Crippen molar-refractivity contribution in [3.8, 4) is 5.88 Å². The van der Waals surface area contributed by atoms with E-state index in [1.165, 1.54) is 29.7 Å². The molecule has 1 saturated heterocycles. The number of sulfonamides is 1. The highest BCUT2D eigenvalue weighted by Gasteiger charge is 2.42. The van der Waals surface area contributed by atoms with Crippen LogP contribution in [0.5, 0.6) is 5.88 Å². The van der Waals surface area contributed by atoms with Crippen molar-refractivity contribution in [1.82, 2.24) is 19.1 Å². The molecule has 36 heavy (non-hydrogen) atoms. The Morgan fingerprint density at radius 3 is 2.53 bits per heavy atom. The molecule has 0 saturated carbocycles. The molecule has 0 spiro atoms. The van der Waals surface area contributed by atoms with Gasteiger partial charge in [0.25, 0.3) is 0 Å². The number of ether oxygens (including phenoxy) is 1. The van der Waals surface area contributed by atoms with Crippen LogP contribution in [0.3, 0.4) is 0 Å². The van der Waals surface area contributed by atoms with Crippen molar-refractivity contribution in [2.24, 2.45) is 0 Å². The fourth-order valence-electron chi connectivity index (χ4n) is 4.89. The molecular weight excluding hydrogens is 480 g/mol. The molecule has 1 fully saturated rings. The van der Waals surface area contributed by atoms with Gasteiger partial charge in [-0.1, -0.05) is 48.5 Å². The highest BCUT2D eigenvalue weighted by molar-refractivity contribution is 7.89. The molecule has 2 atom stereocenters. The average molecular weight is 507 g/mol. The van der Waals surface area contributed by atoms with Crippen LogP contribution in [0.15, 0.2) is 77.8 Å². The molecule has 0 amide bonds. The third kappa shape index (κ3) is 4.57. The van der Waals surface area contributed by atoms with Gasteiger partial charge >= 0.3 is 5.97 Å². The van der Waals surface area contributed by atoms with Crippen LogP contribution in [-0.2, 0) is 27.7 Å². The number of para-hydroxylation sites is 1. The van der Waals surface area contributed by atoms with E-state index < -0.39 is 16.0 Å². The fourth-order valence-corrected chi connectivity index (χ4v) is 6.51. The second-order valence-electron chi connectivity index (χ2n) is 8.82. The Morgan fingerprint density at radius 1 is 1.08 bits per heavy atom. The third-order valence-corrected chi connectivity index (χ3v) is 8.44. The number of benzene rings is 2. The van der Waals surface area contributed by atoms with Gasteiger partial charge in [-0.05, 0) is 30.5 Å². The monoisotopic (exact) mass is 506 g/mol. The van der Waals surface area contributed by atoms with Crippen molar-refractivity contribution in [3.63, 3.8) is 0 Å². The number of carboxylic acids is 1. The van der Waals surface area contributed by atoms with Crippen LogP contribution in [0.25, 0.3) is 10.9 Å². The number of carbonyl (C=O) groups is 1. The SMILES string of the molecule is COc1ccc(S(=O)(=O)N2C[C@H](n3nc(CC(=O)O)c4ccccc43)C[C@@H]2Cc2ccccc2)cn1. The maximum atomic E-state index is 13.8. The van der Waals surface area contributed by atoms with Crippen molar-refractivity contribution in [2.45, 2.75) is 36.2 Å². The summed E-state index contributed by atoms with van der Waals surface area (Å²) >= 11 is 0. The van der Waals surface area contributed by atoms with E-state index in [2.05, 4.69) is 10.1 Å². The van der Waals surface area contributed by atoms with Crippen molar-refractivity contribution in [1.29, 1.82) is 0 Å². The minimum Gasteiger partial charge on any atom is -0.481 e. The Bertz CT molecular complexity index is 1490. The molecule has 0 radical (unpaired) electrons. The first-order chi connectivity index (χ1) is 17.4. The Hall–Kier alpha value is -3.76. The smallest absolute Gasteiger partial charge is 0.309 e. The van der Waals surface area contributed by atoms with E-state index >= 15 is 0 Å². The lowest BCUT2D eigenvalue weighted by atomic mass is 10.0. The molecule has 1 aliphatic heterocycles. The summed E-state index contributed by atoms with van der Waals surface area (Å²) < 4.78 is 35.9. The minimum atomic E-state index is -3.86. The van der Waals surface area contributed by atoms with Gasteiger partial charge in [0.1, 0.15) is 4.90 Å². The minimum absolute atomic E-state index is 0.0962. The van der Waals surface area contributed by atoms with Crippen LogP contribution in [0.2, 0.25) is 0 Å². The molecule has 0 unspecified atom stereocenters. The molecule has 3 heterocycles. The summed E-state index contributed by atoms with van der Waals surface area (Å²) in [4.78, 5) is 15.6. The molecule has 0 aliphatic carbocycles. The number of rotatable bonds is 8.